The van der Waals surface area contributed by atoms with E-state index in [4.69, 9.17) is 0 Å². The molecule has 3 aromatic rings. The molecule has 0 saturated carbocycles. The topological polar surface area (TPSA) is 24.3 Å². The molecule has 28 heavy (non-hydrogen) atoms. The first kappa shape index (κ1) is 19.2. The molecule has 1 aliphatic rings. The van der Waals surface area contributed by atoms with E-state index < -0.39 is 11.6 Å². The predicted octanol–water partition coefficient (Wildman–Crippen LogP) is 4.79. The van der Waals surface area contributed by atoms with E-state index in [0.717, 1.165) is 36.2 Å². The third-order valence-corrected chi connectivity index (χ3v) is 6.52. The fraction of sp³-hybridized carbons (Fsp3) is 0.381. The van der Waals surface area contributed by atoms with E-state index in [-0.39, 0.29) is 11.1 Å². The molecule has 1 fully saturated rings. The summed E-state index contributed by atoms with van der Waals surface area (Å²) in [5, 5.41) is 5.39. The Hall–Kier alpha value is -2.12. The van der Waals surface area contributed by atoms with Crippen LogP contribution < -0.4 is 4.90 Å². The second-order valence-electron chi connectivity index (χ2n) is 7.88. The molecular formula is C21H24F2N4S. The summed E-state index contributed by atoms with van der Waals surface area (Å²) in [6.45, 7) is 8.98. The molecule has 4 rings (SSSR count). The Balaban J connectivity index is 1.67. The van der Waals surface area contributed by atoms with Crippen molar-refractivity contribution in [2.45, 2.75) is 26.3 Å². The van der Waals surface area contributed by atoms with Gasteiger partial charge in [0.05, 0.1) is 17.4 Å². The second-order valence-corrected chi connectivity index (χ2v) is 8.68. The summed E-state index contributed by atoms with van der Waals surface area (Å²) in [4.78, 5) is 2.39. The first-order chi connectivity index (χ1) is 13.3. The van der Waals surface area contributed by atoms with Gasteiger partial charge in [-0.05, 0) is 56.9 Å². The zero-order valence-corrected chi connectivity index (χ0v) is 17.4. The maximum atomic E-state index is 13.8. The molecule has 2 aromatic carbocycles. The number of piperazine rings is 1. The van der Waals surface area contributed by atoms with Crippen molar-refractivity contribution in [1.82, 2.24) is 14.1 Å². The minimum Gasteiger partial charge on any atom is -0.368 e. The van der Waals surface area contributed by atoms with E-state index in [2.05, 4.69) is 46.5 Å². The molecule has 0 spiro atoms. The molecule has 7 heteroatoms. The van der Waals surface area contributed by atoms with Crippen LogP contribution in [0.4, 0.5) is 14.5 Å². The van der Waals surface area contributed by atoms with Crippen molar-refractivity contribution in [3.63, 3.8) is 0 Å². The lowest BCUT2D eigenvalue weighted by Gasteiger charge is -2.46. The number of hydrogen-bond acceptors (Lipinski definition) is 4. The fourth-order valence-electron chi connectivity index (χ4n) is 3.95. The Morgan fingerprint density at radius 1 is 1.07 bits per heavy atom. The summed E-state index contributed by atoms with van der Waals surface area (Å²) in [6, 6.07) is 9.01. The van der Waals surface area contributed by atoms with Gasteiger partial charge in [-0.15, -0.1) is 0 Å². The van der Waals surface area contributed by atoms with E-state index in [0.29, 0.717) is 5.69 Å². The van der Waals surface area contributed by atoms with E-state index in [1.807, 2.05) is 6.07 Å². The number of aryl methyl sites for hydroxylation is 1. The molecule has 1 aliphatic heterocycles. The number of nitrogens with zero attached hydrogens (tertiary/aromatic N) is 4. The van der Waals surface area contributed by atoms with Crippen molar-refractivity contribution in [2.75, 3.05) is 30.8 Å². The first-order valence-corrected chi connectivity index (χ1v) is 10.5. The van der Waals surface area contributed by atoms with E-state index in [9.17, 15) is 8.78 Å². The number of benzene rings is 2. The summed E-state index contributed by atoms with van der Waals surface area (Å²) in [5.41, 5.74) is 2.90. The van der Waals surface area contributed by atoms with Crippen LogP contribution in [0.5, 0.6) is 0 Å². The van der Waals surface area contributed by atoms with Crippen molar-refractivity contribution < 1.29 is 8.78 Å². The summed E-state index contributed by atoms with van der Waals surface area (Å²) in [5.74, 6) is -1.67. The SMILES string of the molecule is CSN1CCN(c2ccc3c(cnn3-c3cc(C)c(F)c(F)c3)c2)CC1(C)C. The van der Waals surface area contributed by atoms with E-state index in [1.165, 1.54) is 6.07 Å². The predicted molar refractivity (Wildman–Crippen MR) is 112 cm³/mol. The Labute approximate surface area is 168 Å². The zero-order valence-electron chi connectivity index (χ0n) is 16.5. The highest BCUT2D eigenvalue weighted by molar-refractivity contribution is 7.96. The van der Waals surface area contributed by atoms with Crippen LogP contribution in [-0.4, -0.2) is 45.5 Å². The van der Waals surface area contributed by atoms with E-state index in [1.54, 1.807) is 35.8 Å². The van der Waals surface area contributed by atoms with Crippen LogP contribution in [0.25, 0.3) is 16.6 Å². The van der Waals surface area contributed by atoms with Crippen molar-refractivity contribution >= 4 is 28.5 Å². The summed E-state index contributed by atoms with van der Waals surface area (Å²) in [7, 11) is 0. The molecule has 0 aliphatic carbocycles. The first-order valence-electron chi connectivity index (χ1n) is 9.31. The van der Waals surface area contributed by atoms with Gasteiger partial charge in [0.15, 0.2) is 11.6 Å². The minimum atomic E-state index is -0.857. The van der Waals surface area contributed by atoms with Crippen LogP contribution in [0.3, 0.4) is 0 Å². The van der Waals surface area contributed by atoms with Gasteiger partial charge < -0.3 is 4.90 Å². The molecule has 2 heterocycles. The lowest BCUT2D eigenvalue weighted by molar-refractivity contribution is 0.225. The lowest BCUT2D eigenvalue weighted by Crippen LogP contribution is -2.56. The molecule has 1 saturated heterocycles. The number of aromatic nitrogens is 2. The quantitative estimate of drug-likeness (QED) is 0.588. The smallest absolute Gasteiger partial charge is 0.161 e. The summed E-state index contributed by atoms with van der Waals surface area (Å²) < 4.78 is 31.5. The maximum Gasteiger partial charge on any atom is 0.161 e. The highest BCUT2D eigenvalue weighted by Gasteiger charge is 2.33. The Bertz CT molecular complexity index is 1010. The van der Waals surface area contributed by atoms with Gasteiger partial charge in [0.2, 0.25) is 0 Å². The van der Waals surface area contributed by atoms with Crippen LogP contribution in [0.1, 0.15) is 19.4 Å². The molecule has 0 radical (unpaired) electrons. The van der Waals surface area contributed by atoms with Gasteiger partial charge in [-0.2, -0.15) is 5.10 Å². The average Bonchev–Trinajstić information content (AvgIpc) is 3.08. The molecule has 0 atom stereocenters. The van der Waals surface area contributed by atoms with Crippen molar-refractivity contribution in [2.24, 2.45) is 0 Å². The normalized spacial score (nSPS) is 17.4. The fourth-order valence-corrected chi connectivity index (χ4v) is 4.77. The molecular weight excluding hydrogens is 378 g/mol. The molecule has 0 unspecified atom stereocenters. The van der Waals surface area contributed by atoms with Gasteiger partial charge >= 0.3 is 0 Å². The number of rotatable bonds is 3. The van der Waals surface area contributed by atoms with E-state index >= 15 is 0 Å². The van der Waals surface area contributed by atoms with Gasteiger partial charge in [-0.3, -0.25) is 0 Å². The Morgan fingerprint density at radius 3 is 2.54 bits per heavy atom. The monoisotopic (exact) mass is 402 g/mol. The average molecular weight is 403 g/mol. The van der Waals surface area contributed by atoms with Crippen molar-refractivity contribution in [3.05, 3.63) is 53.7 Å². The van der Waals surface area contributed by atoms with Crippen LogP contribution in [0, 0.1) is 18.6 Å². The van der Waals surface area contributed by atoms with Crippen molar-refractivity contribution in [1.29, 1.82) is 0 Å². The molecule has 4 nitrogen and oxygen atoms in total. The number of anilines is 1. The van der Waals surface area contributed by atoms with Crippen molar-refractivity contribution in [3.8, 4) is 5.69 Å². The summed E-state index contributed by atoms with van der Waals surface area (Å²) >= 11 is 1.79. The molecule has 0 bridgehead atoms. The molecule has 1 aromatic heterocycles. The number of halogens is 2. The third kappa shape index (κ3) is 3.26. The standard InChI is InChI=1S/C21H24F2N4S/c1-14-9-17(11-18(22)20(14)23)27-19-6-5-16(10-15(19)12-24-27)25-7-8-26(28-4)21(2,3)13-25/h5-6,9-12H,7-8,13H2,1-4H3. The minimum absolute atomic E-state index is 0.0833. The number of fused-ring (bicyclic) bond motifs is 1. The molecule has 0 N–H and O–H groups in total. The lowest BCUT2D eigenvalue weighted by atomic mass is 10.0. The third-order valence-electron chi connectivity index (χ3n) is 5.40. The summed E-state index contributed by atoms with van der Waals surface area (Å²) in [6.07, 6.45) is 3.90. The highest BCUT2D eigenvalue weighted by Crippen LogP contribution is 2.31. The molecule has 0 amide bonds. The van der Waals surface area contributed by atoms with Gasteiger partial charge in [0.25, 0.3) is 0 Å². The Morgan fingerprint density at radius 2 is 1.86 bits per heavy atom. The van der Waals surface area contributed by atoms with Crippen LogP contribution in [-0.2, 0) is 0 Å². The highest BCUT2D eigenvalue weighted by atomic mass is 32.2. The van der Waals surface area contributed by atoms with Crippen LogP contribution in [0.2, 0.25) is 0 Å². The largest absolute Gasteiger partial charge is 0.368 e. The molecule has 148 valence electrons. The second kappa shape index (κ2) is 7.04. The van der Waals surface area contributed by atoms with Gasteiger partial charge in [0.1, 0.15) is 0 Å². The van der Waals surface area contributed by atoms with Gasteiger partial charge in [-0.1, -0.05) is 11.9 Å². The zero-order chi connectivity index (χ0) is 20.1. The van der Waals surface area contributed by atoms with Gasteiger partial charge in [0, 0.05) is 42.3 Å². The Kier molecular flexibility index (Phi) is 4.83. The van der Waals surface area contributed by atoms with Gasteiger partial charge in [-0.25, -0.2) is 17.8 Å². The van der Waals surface area contributed by atoms with Crippen LogP contribution >= 0.6 is 11.9 Å². The maximum absolute atomic E-state index is 13.8. The van der Waals surface area contributed by atoms with Crippen LogP contribution in [0.15, 0.2) is 36.5 Å². The number of hydrogen-bond donors (Lipinski definition) is 0.